The summed E-state index contributed by atoms with van der Waals surface area (Å²) in [5.41, 5.74) is 0. The second-order valence-corrected chi connectivity index (χ2v) is 5.06. The molecule has 0 N–H and O–H groups in total. The lowest BCUT2D eigenvalue weighted by Crippen LogP contribution is -2.43. The van der Waals surface area contributed by atoms with Crippen LogP contribution in [0.4, 0.5) is 19.0 Å². The maximum absolute atomic E-state index is 12.8. The van der Waals surface area contributed by atoms with Gasteiger partial charge in [0.05, 0.1) is 5.92 Å². The first-order valence-corrected chi connectivity index (χ1v) is 6.88. The summed E-state index contributed by atoms with van der Waals surface area (Å²) in [5, 5.41) is 0. The monoisotopic (exact) mass is 315 g/mol. The number of halogens is 3. The van der Waals surface area contributed by atoms with E-state index in [9.17, 15) is 22.8 Å². The molecule has 1 atom stereocenters. The first-order valence-electron chi connectivity index (χ1n) is 6.88. The quantitative estimate of drug-likeness (QED) is 0.852. The van der Waals surface area contributed by atoms with E-state index in [0.717, 1.165) is 0 Å². The van der Waals surface area contributed by atoms with Crippen molar-refractivity contribution in [3.05, 3.63) is 24.4 Å². The molecule has 0 bridgehead atoms. The minimum atomic E-state index is -4.54. The van der Waals surface area contributed by atoms with Gasteiger partial charge >= 0.3 is 6.18 Å². The van der Waals surface area contributed by atoms with Crippen molar-refractivity contribution in [1.82, 2.24) is 9.88 Å². The molecule has 1 aliphatic rings. The van der Waals surface area contributed by atoms with Crippen molar-refractivity contribution in [1.29, 1.82) is 0 Å². The zero-order chi connectivity index (χ0) is 16.3. The molecule has 5 nitrogen and oxygen atoms in total. The number of pyridine rings is 1. The molecule has 0 spiro atoms. The predicted octanol–water partition coefficient (Wildman–Crippen LogP) is 1.85. The van der Waals surface area contributed by atoms with E-state index in [2.05, 4.69) is 4.98 Å². The number of carbonyl (C=O) groups is 2. The van der Waals surface area contributed by atoms with Gasteiger partial charge in [0.25, 0.3) is 0 Å². The third-order valence-electron chi connectivity index (χ3n) is 3.47. The molecule has 22 heavy (non-hydrogen) atoms. The lowest BCUT2D eigenvalue weighted by Gasteiger charge is -2.25. The van der Waals surface area contributed by atoms with Gasteiger partial charge in [-0.2, -0.15) is 13.2 Å². The number of anilines is 1. The third kappa shape index (κ3) is 3.75. The van der Waals surface area contributed by atoms with Crippen LogP contribution in [0.2, 0.25) is 0 Å². The fraction of sp³-hybridized carbons (Fsp3) is 0.500. The Morgan fingerprint density at radius 1 is 1.45 bits per heavy atom. The average Bonchev–Trinajstić information content (AvgIpc) is 2.85. The highest BCUT2D eigenvalue weighted by atomic mass is 19.4. The zero-order valence-corrected chi connectivity index (χ0v) is 12.0. The number of aromatic nitrogens is 1. The van der Waals surface area contributed by atoms with E-state index in [1.165, 1.54) is 23.2 Å². The molecule has 2 heterocycles. The van der Waals surface area contributed by atoms with E-state index >= 15 is 0 Å². The van der Waals surface area contributed by atoms with Gasteiger partial charge < -0.3 is 4.90 Å². The number of alkyl halides is 3. The second kappa shape index (κ2) is 6.33. The Morgan fingerprint density at radius 2 is 2.18 bits per heavy atom. The minimum absolute atomic E-state index is 0.0616. The van der Waals surface area contributed by atoms with Crippen molar-refractivity contribution in [3.63, 3.8) is 0 Å². The summed E-state index contributed by atoms with van der Waals surface area (Å²) in [6.07, 6.45) is -3.28. The van der Waals surface area contributed by atoms with E-state index < -0.39 is 24.5 Å². The highest BCUT2D eigenvalue weighted by Gasteiger charge is 2.40. The Balaban J connectivity index is 2.22. The maximum atomic E-state index is 12.8. The van der Waals surface area contributed by atoms with Crippen LogP contribution in [-0.4, -0.2) is 47.5 Å². The number of amides is 2. The van der Waals surface area contributed by atoms with Crippen molar-refractivity contribution in [3.8, 4) is 0 Å². The predicted molar refractivity (Wildman–Crippen MR) is 73.0 cm³/mol. The molecular weight excluding hydrogens is 299 g/mol. The summed E-state index contributed by atoms with van der Waals surface area (Å²) in [4.78, 5) is 30.0. The number of rotatable bonds is 4. The number of likely N-dealkylation sites (tertiary alicyclic amines) is 1. The molecule has 1 saturated heterocycles. The summed E-state index contributed by atoms with van der Waals surface area (Å²) >= 11 is 0. The van der Waals surface area contributed by atoms with Crippen molar-refractivity contribution >= 4 is 17.6 Å². The topological polar surface area (TPSA) is 53.5 Å². The molecule has 120 valence electrons. The van der Waals surface area contributed by atoms with Crippen LogP contribution in [-0.2, 0) is 9.59 Å². The van der Waals surface area contributed by atoms with Crippen LogP contribution in [0.5, 0.6) is 0 Å². The molecule has 0 saturated carbocycles. The first-order chi connectivity index (χ1) is 10.3. The molecule has 0 aromatic carbocycles. The first kappa shape index (κ1) is 16.3. The smallest absolute Gasteiger partial charge is 0.342 e. The van der Waals surface area contributed by atoms with E-state index in [1.54, 1.807) is 13.0 Å². The largest absolute Gasteiger partial charge is 0.406 e. The van der Waals surface area contributed by atoms with Crippen LogP contribution in [0.3, 0.4) is 0 Å². The normalized spacial score (nSPS) is 18.6. The van der Waals surface area contributed by atoms with Crippen LogP contribution in [0.25, 0.3) is 0 Å². The van der Waals surface area contributed by atoms with Crippen molar-refractivity contribution in [2.24, 2.45) is 5.92 Å². The van der Waals surface area contributed by atoms with Crippen molar-refractivity contribution in [2.45, 2.75) is 19.5 Å². The second-order valence-electron chi connectivity index (χ2n) is 5.06. The summed E-state index contributed by atoms with van der Waals surface area (Å²) in [6, 6.07) is 4.41. The van der Waals surface area contributed by atoms with E-state index in [4.69, 9.17) is 0 Å². The fourth-order valence-corrected chi connectivity index (χ4v) is 2.43. The molecule has 2 amide bonds. The zero-order valence-electron chi connectivity index (χ0n) is 12.0. The van der Waals surface area contributed by atoms with Gasteiger partial charge in [-0.15, -0.1) is 0 Å². The van der Waals surface area contributed by atoms with E-state index in [-0.39, 0.29) is 24.7 Å². The Labute approximate surface area is 125 Å². The molecule has 0 radical (unpaired) electrons. The van der Waals surface area contributed by atoms with Gasteiger partial charge in [-0.1, -0.05) is 6.07 Å². The van der Waals surface area contributed by atoms with Gasteiger partial charge in [-0.25, -0.2) is 4.98 Å². The van der Waals surface area contributed by atoms with Gasteiger partial charge in [0.15, 0.2) is 0 Å². The van der Waals surface area contributed by atoms with Crippen LogP contribution in [0.15, 0.2) is 24.4 Å². The summed E-state index contributed by atoms with van der Waals surface area (Å²) in [6.45, 7) is 0.928. The summed E-state index contributed by atoms with van der Waals surface area (Å²) < 4.78 is 38.3. The van der Waals surface area contributed by atoms with Crippen LogP contribution in [0.1, 0.15) is 13.3 Å². The van der Waals surface area contributed by atoms with Gasteiger partial charge in [0.1, 0.15) is 12.4 Å². The number of hydrogen-bond acceptors (Lipinski definition) is 3. The average molecular weight is 315 g/mol. The van der Waals surface area contributed by atoms with Crippen LogP contribution < -0.4 is 4.90 Å². The number of carbonyl (C=O) groups excluding carboxylic acids is 2. The van der Waals surface area contributed by atoms with E-state index in [1.807, 2.05) is 0 Å². The molecule has 1 fully saturated rings. The molecule has 1 aromatic rings. The highest BCUT2D eigenvalue weighted by Crippen LogP contribution is 2.26. The van der Waals surface area contributed by atoms with Gasteiger partial charge in [-0.05, 0) is 19.1 Å². The number of hydrogen-bond donors (Lipinski definition) is 0. The standard InChI is InChI=1S/C14H16F3N3O2/c1-2-19-8-10(7-12(19)21)13(22)20(9-14(15,16)17)11-5-3-4-6-18-11/h3-6,10H,2,7-9H2,1H3/t10-/m1/s1. The van der Waals surface area contributed by atoms with E-state index in [0.29, 0.717) is 11.4 Å². The lowest BCUT2D eigenvalue weighted by molar-refractivity contribution is -0.134. The maximum Gasteiger partial charge on any atom is 0.406 e. The van der Waals surface area contributed by atoms with Crippen LogP contribution >= 0.6 is 0 Å². The minimum Gasteiger partial charge on any atom is -0.342 e. The van der Waals surface area contributed by atoms with Crippen molar-refractivity contribution < 1.29 is 22.8 Å². The van der Waals surface area contributed by atoms with Crippen molar-refractivity contribution in [2.75, 3.05) is 24.5 Å². The summed E-state index contributed by atoms with van der Waals surface area (Å²) in [5.74, 6) is -1.77. The Morgan fingerprint density at radius 3 is 2.68 bits per heavy atom. The lowest BCUT2D eigenvalue weighted by atomic mass is 10.1. The van der Waals surface area contributed by atoms with Crippen LogP contribution in [0, 0.1) is 5.92 Å². The Kier molecular flexibility index (Phi) is 4.68. The third-order valence-corrected chi connectivity index (χ3v) is 3.47. The molecule has 1 aromatic heterocycles. The molecule has 0 aliphatic carbocycles. The van der Waals surface area contributed by atoms with Gasteiger partial charge in [0, 0.05) is 25.7 Å². The van der Waals surface area contributed by atoms with Gasteiger partial charge in [0.2, 0.25) is 11.8 Å². The van der Waals surface area contributed by atoms with Gasteiger partial charge in [-0.3, -0.25) is 14.5 Å². The molecule has 2 rings (SSSR count). The summed E-state index contributed by atoms with van der Waals surface area (Å²) in [7, 11) is 0. The SMILES string of the molecule is CCN1C[C@H](C(=O)N(CC(F)(F)F)c2ccccn2)CC1=O. The molecular formula is C14H16F3N3O2. The Hall–Kier alpha value is -2.12. The molecule has 8 heteroatoms. The fourth-order valence-electron chi connectivity index (χ4n) is 2.43. The highest BCUT2D eigenvalue weighted by molar-refractivity contribution is 5.98. The molecule has 0 unspecified atom stereocenters. The number of nitrogens with zero attached hydrogens (tertiary/aromatic N) is 3. The molecule has 1 aliphatic heterocycles. The Bertz CT molecular complexity index is 548.